The van der Waals surface area contributed by atoms with Crippen LogP contribution < -0.4 is 0 Å². The second-order valence-corrected chi connectivity index (χ2v) is 4.83. The van der Waals surface area contributed by atoms with Gasteiger partial charge in [-0.3, -0.25) is 14.9 Å². The summed E-state index contributed by atoms with van der Waals surface area (Å²) in [4.78, 5) is 23.8. The Morgan fingerprint density at radius 3 is 2.76 bits per heavy atom. The van der Waals surface area contributed by atoms with Crippen LogP contribution in [0.1, 0.15) is 23.7 Å². The van der Waals surface area contributed by atoms with Crippen LogP contribution in [0, 0.1) is 21.7 Å². The van der Waals surface area contributed by atoms with Gasteiger partial charge in [-0.2, -0.15) is 0 Å². The summed E-state index contributed by atoms with van der Waals surface area (Å²) in [6.45, 7) is 2.84. The average Bonchev–Trinajstić information content (AvgIpc) is 2.65. The van der Waals surface area contributed by atoms with Crippen molar-refractivity contribution < 1.29 is 23.2 Å². The van der Waals surface area contributed by atoms with Crippen molar-refractivity contribution in [1.82, 2.24) is 4.90 Å². The minimum Gasteiger partial charge on any atom is -0.377 e. The number of rotatable bonds is 2. The van der Waals surface area contributed by atoms with Crippen LogP contribution in [0.4, 0.5) is 14.5 Å². The predicted molar refractivity (Wildman–Crippen MR) is 68.9 cm³/mol. The summed E-state index contributed by atoms with van der Waals surface area (Å²) in [6, 6.07) is 1.01. The standard InChI is InChI=1S/C13H14F2N2O4/c1-8-7-16(3-2-4-21-8)13(18)9-5-10(14)11(15)6-12(9)17(19)20/h5-6,8H,2-4,7H2,1H3. The Hall–Kier alpha value is -2.09. The van der Waals surface area contributed by atoms with Crippen molar-refractivity contribution in [2.75, 3.05) is 19.7 Å². The molecule has 2 rings (SSSR count). The summed E-state index contributed by atoms with van der Waals surface area (Å²) in [7, 11) is 0. The van der Waals surface area contributed by atoms with Crippen molar-refractivity contribution in [3.05, 3.63) is 39.4 Å². The van der Waals surface area contributed by atoms with Gasteiger partial charge in [0, 0.05) is 19.7 Å². The van der Waals surface area contributed by atoms with E-state index in [4.69, 9.17) is 4.74 Å². The van der Waals surface area contributed by atoms with Gasteiger partial charge >= 0.3 is 0 Å². The molecule has 1 aromatic rings. The van der Waals surface area contributed by atoms with Gasteiger partial charge in [0.05, 0.1) is 17.1 Å². The van der Waals surface area contributed by atoms with Crippen molar-refractivity contribution in [2.45, 2.75) is 19.4 Å². The van der Waals surface area contributed by atoms with E-state index in [9.17, 15) is 23.7 Å². The zero-order chi connectivity index (χ0) is 15.6. The van der Waals surface area contributed by atoms with E-state index in [2.05, 4.69) is 0 Å². The molecule has 1 saturated heterocycles. The van der Waals surface area contributed by atoms with Crippen molar-refractivity contribution in [3.63, 3.8) is 0 Å². The molecule has 1 heterocycles. The van der Waals surface area contributed by atoms with E-state index in [1.807, 2.05) is 0 Å². The fourth-order valence-electron chi connectivity index (χ4n) is 2.21. The molecule has 0 saturated carbocycles. The predicted octanol–water partition coefficient (Wildman–Crippen LogP) is 2.12. The quantitative estimate of drug-likeness (QED) is 0.619. The number of nitro groups is 1. The van der Waals surface area contributed by atoms with E-state index in [0.717, 1.165) is 0 Å². The van der Waals surface area contributed by atoms with Gasteiger partial charge in [0.25, 0.3) is 11.6 Å². The molecule has 0 aliphatic carbocycles. The summed E-state index contributed by atoms with van der Waals surface area (Å²) in [6.07, 6.45) is 0.355. The third kappa shape index (κ3) is 3.33. The Balaban J connectivity index is 2.37. The van der Waals surface area contributed by atoms with Gasteiger partial charge in [-0.25, -0.2) is 8.78 Å². The molecule has 1 atom stereocenters. The number of halogens is 2. The lowest BCUT2D eigenvalue weighted by Crippen LogP contribution is -2.36. The lowest BCUT2D eigenvalue weighted by atomic mass is 10.1. The van der Waals surface area contributed by atoms with Crippen LogP contribution in [-0.2, 0) is 4.74 Å². The average molecular weight is 300 g/mol. The maximum Gasteiger partial charge on any atom is 0.285 e. The first-order valence-corrected chi connectivity index (χ1v) is 6.44. The van der Waals surface area contributed by atoms with Gasteiger partial charge in [-0.05, 0) is 19.4 Å². The molecule has 1 aromatic carbocycles. The monoisotopic (exact) mass is 300 g/mol. The minimum absolute atomic E-state index is 0.221. The molecule has 1 aliphatic rings. The first-order valence-electron chi connectivity index (χ1n) is 6.44. The molecule has 1 aliphatic heterocycles. The molecule has 1 amide bonds. The second kappa shape index (κ2) is 6.13. The first kappa shape index (κ1) is 15.3. The molecule has 1 fully saturated rings. The van der Waals surface area contributed by atoms with Gasteiger partial charge in [0.2, 0.25) is 0 Å². The van der Waals surface area contributed by atoms with Crippen LogP contribution >= 0.6 is 0 Å². The molecular weight excluding hydrogens is 286 g/mol. The third-order valence-electron chi connectivity index (χ3n) is 3.21. The molecule has 114 valence electrons. The van der Waals surface area contributed by atoms with Crippen molar-refractivity contribution in [2.24, 2.45) is 0 Å². The summed E-state index contributed by atoms with van der Waals surface area (Å²) < 4.78 is 31.8. The van der Waals surface area contributed by atoms with Gasteiger partial charge in [-0.1, -0.05) is 0 Å². The van der Waals surface area contributed by atoms with E-state index >= 15 is 0 Å². The van der Waals surface area contributed by atoms with Gasteiger partial charge in [-0.15, -0.1) is 0 Å². The molecular formula is C13H14F2N2O4. The number of hydrogen-bond acceptors (Lipinski definition) is 4. The lowest BCUT2D eigenvalue weighted by molar-refractivity contribution is -0.385. The topological polar surface area (TPSA) is 72.7 Å². The van der Waals surface area contributed by atoms with Crippen LogP contribution in [0.5, 0.6) is 0 Å². The summed E-state index contributed by atoms with van der Waals surface area (Å²) in [5.41, 5.74) is -1.19. The van der Waals surface area contributed by atoms with E-state index < -0.39 is 33.7 Å². The van der Waals surface area contributed by atoms with Crippen molar-refractivity contribution in [3.8, 4) is 0 Å². The SMILES string of the molecule is CC1CN(C(=O)c2cc(F)c(F)cc2[N+](=O)[O-])CCCO1. The van der Waals surface area contributed by atoms with Gasteiger partial charge in [0.1, 0.15) is 5.56 Å². The molecule has 21 heavy (non-hydrogen) atoms. The van der Waals surface area contributed by atoms with E-state index in [1.165, 1.54) is 4.90 Å². The Kier molecular flexibility index (Phi) is 4.46. The molecule has 0 N–H and O–H groups in total. The smallest absolute Gasteiger partial charge is 0.285 e. The molecule has 1 unspecified atom stereocenters. The zero-order valence-electron chi connectivity index (χ0n) is 11.3. The normalized spacial score (nSPS) is 19.2. The van der Waals surface area contributed by atoms with Crippen LogP contribution in [0.15, 0.2) is 12.1 Å². The Morgan fingerprint density at radius 1 is 1.43 bits per heavy atom. The Morgan fingerprint density at radius 2 is 2.10 bits per heavy atom. The number of hydrogen-bond donors (Lipinski definition) is 0. The molecule has 8 heteroatoms. The Labute approximate surface area is 119 Å². The maximum atomic E-state index is 13.3. The largest absolute Gasteiger partial charge is 0.377 e. The van der Waals surface area contributed by atoms with Crippen LogP contribution in [0.25, 0.3) is 0 Å². The van der Waals surface area contributed by atoms with E-state index in [-0.39, 0.29) is 12.6 Å². The number of nitrogens with zero attached hydrogens (tertiary/aromatic N) is 2. The van der Waals surface area contributed by atoms with Crippen LogP contribution in [0.2, 0.25) is 0 Å². The van der Waals surface area contributed by atoms with E-state index in [0.29, 0.717) is 31.7 Å². The van der Waals surface area contributed by atoms with Gasteiger partial charge in [0.15, 0.2) is 11.6 Å². The third-order valence-corrected chi connectivity index (χ3v) is 3.21. The molecule has 0 aromatic heterocycles. The van der Waals surface area contributed by atoms with Crippen molar-refractivity contribution >= 4 is 11.6 Å². The lowest BCUT2D eigenvalue weighted by Gasteiger charge is -2.22. The van der Waals surface area contributed by atoms with Crippen molar-refractivity contribution in [1.29, 1.82) is 0 Å². The zero-order valence-corrected chi connectivity index (χ0v) is 11.3. The number of carbonyl (C=O) groups excluding carboxylic acids is 1. The maximum absolute atomic E-state index is 13.3. The molecule has 0 spiro atoms. The van der Waals surface area contributed by atoms with Crippen LogP contribution in [0.3, 0.4) is 0 Å². The summed E-state index contributed by atoms with van der Waals surface area (Å²) >= 11 is 0. The fourth-order valence-corrected chi connectivity index (χ4v) is 2.21. The first-order chi connectivity index (χ1) is 9.90. The highest BCUT2D eigenvalue weighted by Gasteiger charge is 2.29. The Bertz CT molecular complexity index is 580. The number of ether oxygens (including phenoxy) is 1. The molecule has 0 bridgehead atoms. The van der Waals surface area contributed by atoms with Crippen LogP contribution in [-0.4, -0.2) is 41.5 Å². The fraction of sp³-hybridized carbons (Fsp3) is 0.462. The second-order valence-electron chi connectivity index (χ2n) is 4.83. The highest BCUT2D eigenvalue weighted by molar-refractivity contribution is 5.98. The molecule has 6 nitrogen and oxygen atoms in total. The number of carbonyl (C=O) groups is 1. The summed E-state index contributed by atoms with van der Waals surface area (Å²) in [5.74, 6) is -3.34. The van der Waals surface area contributed by atoms with E-state index in [1.54, 1.807) is 6.92 Å². The minimum atomic E-state index is -1.36. The number of amides is 1. The molecule has 0 radical (unpaired) electrons. The number of benzene rings is 1. The summed E-state index contributed by atoms with van der Waals surface area (Å²) in [5, 5.41) is 10.9. The number of nitro benzene ring substituents is 1. The van der Waals surface area contributed by atoms with Gasteiger partial charge < -0.3 is 9.64 Å². The highest BCUT2D eigenvalue weighted by atomic mass is 19.2. The highest BCUT2D eigenvalue weighted by Crippen LogP contribution is 2.24.